The Kier molecular flexibility index (Phi) is 7.34. The lowest BCUT2D eigenvalue weighted by Gasteiger charge is -2.32. The van der Waals surface area contributed by atoms with Crippen molar-refractivity contribution in [2.45, 2.75) is 52.0 Å². The van der Waals surface area contributed by atoms with Crippen LogP contribution < -0.4 is 11.1 Å². The van der Waals surface area contributed by atoms with Crippen molar-refractivity contribution in [1.29, 1.82) is 0 Å². The van der Waals surface area contributed by atoms with Gasteiger partial charge >= 0.3 is 0 Å². The van der Waals surface area contributed by atoms with Crippen LogP contribution in [0, 0.1) is 5.92 Å². The summed E-state index contributed by atoms with van der Waals surface area (Å²) < 4.78 is 0. The fraction of sp³-hybridized carbons (Fsp3) is 0.917. The first-order valence-electron chi connectivity index (χ1n) is 6.18. The molecular formula is C12H26N2O2. The molecule has 96 valence electrons. The minimum Gasteiger partial charge on any atom is -0.394 e. The van der Waals surface area contributed by atoms with Crippen LogP contribution in [0.3, 0.4) is 0 Å². The first-order chi connectivity index (χ1) is 7.55. The number of nitrogens with one attached hydrogen (secondary N) is 1. The molecule has 0 fully saturated rings. The number of hydrogen-bond donors (Lipinski definition) is 3. The molecule has 4 nitrogen and oxygen atoms in total. The van der Waals surface area contributed by atoms with Crippen molar-refractivity contribution in [3.8, 4) is 0 Å². The lowest BCUT2D eigenvalue weighted by atomic mass is 9.92. The van der Waals surface area contributed by atoms with E-state index >= 15 is 0 Å². The Hall–Kier alpha value is -0.610. The van der Waals surface area contributed by atoms with E-state index in [1.807, 2.05) is 20.8 Å². The Morgan fingerprint density at radius 3 is 2.38 bits per heavy atom. The van der Waals surface area contributed by atoms with E-state index in [-0.39, 0.29) is 18.4 Å². The third kappa shape index (κ3) is 4.49. The highest BCUT2D eigenvalue weighted by molar-refractivity contribution is 5.79. The Labute approximate surface area is 98.6 Å². The summed E-state index contributed by atoms with van der Waals surface area (Å²) in [4.78, 5) is 11.9. The van der Waals surface area contributed by atoms with E-state index in [1.165, 1.54) is 0 Å². The van der Waals surface area contributed by atoms with Crippen molar-refractivity contribution in [1.82, 2.24) is 5.32 Å². The van der Waals surface area contributed by atoms with Gasteiger partial charge < -0.3 is 16.2 Å². The molecule has 0 rings (SSSR count). The summed E-state index contributed by atoms with van der Waals surface area (Å²) in [5, 5.41) is 12.3. The van der Waals surface area contributed by atoms with Gasteiger partial charge in [-0.15, -0.1) is 0 Å². The first-order valence-corrected chi connectivity index (χ1v) is 6.18. The minimum atomic E-state index is -0.450. The average molecular weight is 230 g/mol. The number of aliphatic hydroxyl groups excluding tert-OH is 1. The quantitative estimate of drug-likeness (QED) is 0.583. The molecule has 4 N–H and O–H groups in total. The van der Waals surface area contributed by atoms with Crippen molar-refractivity contribution < 1.29 is 9.90 Å². The van der Waals surface area contributed by atoms with Gasteiger partial charge in [-0.1, -0.05) is 20.8 Å². The van der Waals surface area contributed by atoms with E-state index < -0.39 is 5.54 Å². The van der Waals surface area contributed by atoms with Crippen LogP contribution in [0.4, 0.5) is 0 Å². The van der Waals surface area contributed by atoms with Gasteiger partial charge in [0.1, 0.15) is 0 Å². The highest BCUT2D eigenvalue weighted by Crippen LogP contribution is 2.16. The van der Waals surface area contributed by atoms with Crippen LogP contribution in [0.25, 0.3) is 0 Å². The van der Waals surface area contributed by atoms with Crippen LogP contribution in [0.5, 0.6) is 0 Å². The van der Waals surface area contributed by atoms with Gasteiger partial charge in [-0.05, 0) is 32.2 Å². The lowest BCUT2D eigenvalue weighted by molar-refractivity contribution is -0.127. The second kappa shape index (κ2) is 7.63. The summed E-state index contributed by atoms with van der Waals surface area (Å²) in [6, 6.07) is 0. The highest BCUT2D eigenvalue weighted by Gasteiger charge is 2.28. The van der Waals surface area contributed by atoms with Crippen LogP contribution >= 0.6 is 0 Å². The molecule has 0 aromatic rings. The largest absolute Gasteiger partial charge is 0.394 e. The zero-order valence-corrected chi connectivity index (χ0v) is 10.8. The molecule has 16 heavy (non-hydrogen) atoms. The van der Waals surface area contributed by atoms with Crippen molar-refractivity contribution in [2.75, 3.05) is 13.2 Å². The van der Waals surface area contributed by atoms with Gasteiger partial charge in [0, 0.05) is 5.92 Å². The molecule has 1 unspecified atom stereocenters. The Morgan fingerprint density at radius 2 is 2.00 bits per heavy atom. The fourth-order valence-corrected chi connectivity index (χ4v) is 1.63. The number of carbonyl (C=O) groups excluding carboxylic acids is 1. The maximum absolute atomic E-state index is 11.9. The van der Waals surface area contributed by atoms with Crippen LogP contribution in [-0.4, -0.2) is 29.7 Å². The van der Waals surface area contributed by atoms with E-state index in [4.69, 9.17) is 5.73 Å². The molecule has 0 heterocycles. The standard InChI is InChI=1S/C12H26N2O2/c1-4-12(5-2,9-15)14-11(16)10(3)7-6-8-13/h10,15H,4-9,13H2,1-3H3,(H,14,16). The van der Waals surface area contributed by atoms with Crippen LogP contribution in [0.2, 0.25) is 0 Å². The summed E-state index contributed by atoms with van der Waals surface area (Å²) in [6.07, 6.45) is 3.15. The predicted molar refractivity (Wildman–Crippen MR) is 66.0 cm³/mol. The first kappa shape index (κ1) is 15.4. The van der Waals surface area contributed by atoms with Crippen molar-refractivity contribution in [3.63, 3.8) is 0 Å². The molecule has 0 aromatic carbocycles. The molecule has 0 spiro atoms. The van der Waals surface area contributed by atoms with Gasteiger partial charge in [0.05, 0.1) is 12.1 Å². The fourth-order valence-electron chi connectivity index (χ4n) is 1.63. The molecule has 1 atom stereocenters. The van der Waals surface area contributed by atoms with E-state index in [0.717, 1.165) is 25.7 Å². The lowest BCUT2D eigenvalue weighted by Crippen LogP contribution is -2.52. The Bertz CT molecular complexity index is 195. The summed E-state index contributed by atoms with van der Waals surface area (Å²) in [6.45, 7) is 6.47. The molecule has 0 saturated heterocycles. The SMILES string of the molecule is CCC(CC)(CO)NC(=O)C(C)CCCN. The molecule has 0 radical (unpaired) electrons. The second-order valence-corrected chi connectivity index (χ2v) is 4.47. The number of nitrogens with two attached hydrogens (primary N) is 1. The van der Waals surface area contributed by atoms with E-state index in [0.29, 0.717) is 6.54 Å². The van der Waals surface area contributed by atoms with Gasteiger partial charge in [0.25, 0.3) is 0 Å². The number of amides is 1. The van der Waals surface area contributed by atoms with Gasteiger partial charge in [-0.2, -0.15) is 0 Å². The molecule has 4 heteroatoms. The van der Waals surface area contributed by atoms with Gasteiger partial charge in [-0.25, -0.2) is 0 Å². The third-order valence-corrected chi connectivity index (χ3v) is 3.33. The molecule has 0 saturated carbocycles. The van der Waals surface area contributed by atoms with Gasteiger partial charge in [0.15, 0.2) is 0 Å². The molecule has 0 aliphatic carbocycles. The van der Waals surface area contributed by atoms with E-state index in [2.05, 4.69) is 5.32 Å². The van der Waals surface area contributed by atoms with Crippen LogP contribution in [0.15, 0.2) is 0 Å². The van der Waals surface area contributed by atoms with E-state index in [9.17, 15) is 9.90 Å². The number of rotatable bonds is 8. The normalized spacial score (nSPS) is 13.6. The average Bonchev–Trinajstić information content (AvgIpc) is 2.32. The van der Waals surface area contributed by atoms with E-state index in [1.54, 1.807) is 0 Å². The second-order valence-electron chi connectivity index (χ2n) is 4.47. The monoisotopic (exact) mass is 230 g/mol. The molecular weight excluding hydrogens is 204 g/mol. The summed E-state index contributed by atoms with van der Waals surface area (Å²) in [5.74, 6) is -0.0150. The summed E-state index contributed by atoms with van der Waals surface area (Å²) >= 11 is 0. The molecule has 0 aliphatic heterocycles. The van der Waals surface area contributed by atoms with Crippen molar-refractivity contribution >= 4 is 5.91 Å². The topological polar surface area (TPSA) is 75.3 Å². The van der Waals surface area contributed by atoms with Crippen molar-refractivity contribution in [2.24, 2.45) is 11.7 Å². The molecule has 0 bridgehead atoms. The number of hydrogen-bond acceptors (Lipinski definition) is 3. The van der Waals surface area contributed by atoms with Crippen LogP contribution in [0.1, 0.15) is 46.5 Å². The zero-order chi connectivity index (χ0) is 12.6. The Morgan fingerprint density at radius 1 is 1.44 bits per heavy atom. The summed E-state index contributed by atoms with van der Waals surface area (Å²) in [5.41, 5.74) is 4.96. The van der Waals surface area contributed by atoms with Crippen LogP contribution in [-0.2, 0) is 4.79 Å². The number of carbonyl (C=O) groups is 1. The maximum Gasteiger partial charge on any atom is 0.223 e. The van der Waals surface area contributed by atoms with Crippen molar-refractivity contribution in [3.05, 3.63) is 0 Å². The smallest absolute Gasteiger partial charge is 0.223 e. The molecule has 0 aromatic heterocycles. The molecule has 1 amide bonds. The number of aliphatic hydroxyl groups is 1. The zero-order valence-electron chi connectivity index (χ0n) is 10.8. The predicted octanol–water partition coefficient (Wildman–Crippen LogP) is 1.03. The Balaban J connectivity index is 4.28. The minimum absolute atomic E-state index is 0.00461. The third-order valence-electron chi connectivity index (χ3n) is 3.33. The van der Waals surface area contributed by atoms with Gasteiger partial charge in [0.2, 0.25) is 5.91 Å². The highest BCUT2D eigenvalue weighted by atomic mass is 16.3. The van der Waals surface area contributed by atoms with Gasteiger partial charge in [-0.3, -0.25) is 4.79 Å². The maximum atomic E-state index is 11.9. The summed E-state index contributed by atoms with van der Waals surface area (Å²) in [7, 11) is 0. The molecule has 0 aliphatic rings.